The molecule has 4 aromatic rings. The monoisotopic (exact) mass is 557 g/mol. The molecule has 6 rings (SSSR count). The van der Waals surface area contributed by atoms with Crippen molar-refractivity contribution in [3.63, 3.8) is 0 Å². The second kappa shape index (κ2) is 10.6. The molecule has 0 bridgehead atoms. The second-order valence-electron chi connectivity index (χ2n) is 9.82. The minimum Gasteiger partial charge on any atom is -0.454 e. The molecule has 0 saturated carbocycles. The highest BCUT2D eigenvalue weighted by Crippen LogP contribution is 2.42. The quantitative estimate of drug-likeness (QED) is 0.296. The largest absolute Gasteiger partial charge is 0.454 e. The zero-order chi connectivity index (χ0) is 27.8. The normalized spacial score (nSPS) is 17.7. The highest BCUT2D eigenvalue weighted by molar-refractivity contribution is 7.80. The van der Waals surface area contributed by atoms with E-state index < -0.39 is 0 Å². The molecule has 40 heavy (non-hydrogen) atoms. The number of amides is 1. The number of hydrogen-bond donors (Lipinski definition) is 2. The van der Waals surface area contributed by atoms with E-state index in [1.54, 1.807) is 18.3 Å². The van der Waals surface area contributed by atoms with Crippen LogP contribution < -0.4 is 20.1 Å². The van der Waals surface area contributed by atoms with Crippen LogP contribution in [0.15, 0.2) is 72.9 Å². The lowest BCUT2D eigenvalue weighted by molar-refractivity contribution is -0.116. The van der Waals surface area contributed by atoms with E-state index in [4.69, 9.17) is 21.7 Å². The lowest BCUT2D eigenvalue weighted by Gasteiger charge is -2.28. The van der Waals surface area contributed by atoms with E-state index in [9.17, 15) is 9.18 Å². The molecule has 0 unspecified atom stereocenters. The number of fused-ring (bicyclic) bond motifs is 1. The molecule has 2 aromatic carbocycles. The number of hydrogen-bond acceptors (Lipinski definition) is 5. The first kappa shape index (κ1) is 25.8. The minimum absolute atomic E-state index is 0.180. The SMILES string of the molecule is Cc1cc([C@@H]2[C@H](c3ccccn3)NC(=S)N2CCC(=O)Nc2ccc(F)cc2)c(C)n1-c1ccc2c(c1)OCO2. The lowest BCUT2D eigenvalue weighted by atomic mass is 9.96. The average molecular weight is 558 g/mol. The lowest BCUT2D eigenvalue weighted by Crippen LogP contribution is -2.32. The Hall–Kier alpha value is -4.44. The van der Waals surface area contributed by atoms with E-state index in [1.807, 2.05) is 36.4 Å². The summed E-state index contributed by atoms with van der Waals surface area (Å²) >= 11 is 5.80. The first-order valence-electron chi connectivity index (χ1n) is 13.0. The fraction of sp³-hybridized carbons (Fsp3) is 0.233. The zero-order valence-corrected chi connectivity index (χ0v) is 22.9. The first-order chi connectivity index (χ1) is 19.4. The number of aryl methyl sites for hydroxylation is 1. The maximum atomic E-state index is 13.3. The topological polar surface area (TPSA) is 80.7 Å². The van der Waals surface area contributed by atoms with Crippen LogP contribution in [-0.2, 0) is 4.79 Å². The van der Waals surface area contributed by atoms with Gasteiger partial charge < -0.3 is 29.6 Å². The van der Waals surface area contributed by atoms with Crippen molar-refractivity contribution in [1.29, 1.82) is 0 Å². The van der Waals surface area contributed by atoms with Gasteiger partial charge in [-0.05, 0) is 86.2 Å². The Labute approximate surface area is 236 Å². The van der Waals surface area contributed by atoms with Crippen LogP contribution in [0.1, 0.15) is 41.1 Å². The standard InChI is InChI=1S/C30H28FN5O3S/c1-18-15-23(19(2)36(18)22-10-11-25-26(16-22)39-17-38-25)29-28(24-5-3-4-13-32-24)34-30(40)35(29)14-12-27(37)33-21-8-6-20(31)7-9-21/h3-11,13,15-16,28-29H,12,14,17H2,1-2H3,(H,33,37)(H,34,40)/t28-,29+/m0/s1. The maximum absolute atomic E-state index is 13.3. The van der Waals surface area contributed by atoms with Crippen molar-refractivity contribution in [2.24, 2.45) is 0 Å². The number of pyridine rings is 1. The van der Waals surface area contributed by atoms with Gasteiger partial charge in [0.1, 0.15) is 5.82 Å². The van der Waals surface area contributed by atoms with Gasteiger partial charge in [0, 0.05) is 48.0 Å². The molecule has 4 heterocycles. The van der Waals surface area contributed by atoms with E-state index in [2.05, 4.69) is 45.0 Å². The van der Waals surface area contributed by atoms with Gasteiger partial charge in [0.2, 0.25) is 12.7 Å². The summed E-state index contributed by atoms with van der Waals surface area (Å²) in [5, 5.41) is 6.85. The Balaban J connectivity index is 1.32. The van der Waals surface area contributed by atoms with Gasteiger partial charge in [0.15, 0.2) is 16.6 Å². The predicted molar refractivity (Wildman–Crippen MR) is 153 cm³/mol. The molecular formula is C30H28FN5O3S. The molecule has 204 valence electrons. The molecule has 2 aliphatic rings. The molecule has 2 aliphatic heterocycles. The predicted octanol–water partition coefficient (Wildman–Crippen LogP) is 5.36. The van der Waals surface area contributed by atoms with Crippen molar-refractivity contribution in [2.45, 2.75) is 32.4 Å². The third kappa shape index (κ3) is 4.86. The van der Waals surface area contributed by atoms with Crippen molar-refractivity contribution in [3.8, 4) is 17.2 Å². The number of aromatic nitrogens is 2. The molecule has 8 nitrogen and oxygen atoms in total. The van der Waals surface area contributed by atoms with Crippen molar-refractivity contribution < 1.29 is 18.7 Å². The third-order valence-electron chi connectivity index (χ3n) is 7.31. The summed E-state index contributed by atoms with van der Waals surface area (Å²) in [4.78, 5) is 19.5. The van der Waals surface area contributed by atoms with Crippen molar-refractivity contribution in [1.82, 2.24) is 19.8 Å². The summed E-state index contributed by atoms with van der Waals surface area (Å²) in [6.07, 6.45) is 1.97. The van der Waals surface area contributed by atoms with Gasteiger partial charge in [-0.25, -0.2) is 4.39 Å². The van der Waals surface area contributed by atoms with E-state index in [0.717, 1.165) is 39.8 Å². The Bertz CT molecular complexity index is 1570. The number of carbonyl (C=O) groups is 1. The number of ether oxygens (including phenoxy) is 2. The molecule has 1 saturated heterocycles. The molecule has 2 atom stereocenters. The van der Waals surface area contributed by atoms with Gasteiger partial charge >= 0.3 is 0 Å². The van der Waals surface area contributed by atoms with Gasteiger partial charge in [-0.3, -0.25) is 9.78 Å². The molecule has 2 aromatic heterocycles. The Morgan fingerprint density at radius 1 is 1.10 bits per heavy atom. The smallest absolute Gasteiger partial charge is 0.231 e. The van der Waals surface area contributed by atoms with Crippen LogP contribution in [0.25, 0.3) is 5.69 Å². The molecule has 1 fully saturated rings. The number of benzene rings is 2. The number of halogens is 1. The van der Waals surface area contributed by atoms with Crippen molar-refractivity contribution in [3.05, 3.63) is 101 Å². The summed E-state index contributed by atoms with van der Waals surface area (Å²) in [6, 6.07) is 19.2. The zero-order valence-electron chi connectivity index (χ0n) is 22.1. The molecule has 0 spiro atoms. The van der Waals surface area contributed by atoms with Crippen molar-refractivity contribution in [2.75, 3.05) is 18.7 Å². The number of anilines is 1. The van der Waals surface area contributed by atoms with Gasteiger partial charge in [-0.15, -0.1) is 0 Å². The third-order valence-corrected chi connectivity index (χ3v) is 7.66. The highest BCUT2D eigenvalue weighted by atomic mass is 32.1. The van der Waals surface area contributed by atoms with E-state index in [0.29, 0.717) is 17.3 Å². The number of rotatable bonds is 7. The van der Waals surface area contributed by atoms with Gasteiger partial charge in [0.05, 0.1) is 17.8 Å². The minimum atomic E-state index is -0.353. The van der Waals surface area contributed by atoms with E-state index in [1.165, 1.54) is 12.1 Å². The van der Waals surface area contributed by atoms with Crippen LogP contribution in [0.4, 0.5) is 10.1 Å². The fourth-order valence-electron chi connectivity index (χ4n) is 5.47. The van der Waals surface area contributed by atoms with Gasteiger partial charge in [-0.2, -0.15) is 0 Å². The number of nitrogens with zero attached hydrogens (tertiary/aromatic N) is 3. The molecule has 1 amide bonds. The van der Waals surface area contributed by atoms with Crippen LogP contribution in [0.2, 0.25) is 0 Å². The highest BCUT2D eigenvalue weighted by Gasteiger charge is 2.41. The Morgan fingerprint density at radius 2 is 1.90 bits per heavy atom. The number of carbonyl (C=O) groups excluding carboxylic acids is 1. The van der Waals surface area contributed by atoms with Crippen molar-refractivity contribution >= 4 is 28.9 Å². The molecule has 2 N–H and O–H groups in total. The molecular weight excluding hydrogens is 529 g/mol. The van der Waals surface area contributed by atoms with Crippen LogP contribution >= 0.6 is 12.2 Å². The fourth-order valence-corrected chi connectivity index (χ4v) is 5.80. The Kier molecular flexibility index (Phi) is 6.85. The number of nitrogens with one attached hydrogen (secondary N) is 2. The summed E-state index contributed by atoms with van der Waals surface area (Å²) in [7, 11) is 0. The van der Waals surface area contributed by atoms with Crippen LogP contribution in [0, 0.1) is 19.7 Å². The van der Waals surface area contributed by atoms with Crippen LogP contribution in [0.5, 0.6) is 11.5 Å². The van der Waals surface area contributed by atoms with Crippen LogP contribution in [0.3, 0.4) is 0 Å². The molecule has 0 aliphatic carbocycles. The summed E-state index contributed by atoms with van der Waals surface area (Å²) < 4.78 is 26.6. The maximum Gasteiger partial charge on any atom is 0.231 e. The van der Waals surface area contributed by atoms with Gasteiger partial charge in [0.25, 0.3) is 0 Å². The van der Waals surface area contributed by atoms with E-state index >= 15 is 0 Å². The summed E-state index contributed by atoms with van der Waals surface area (Å²) in [6.45, 7) is 4.76. The average Bonchev–Trinajstić information content (AvgIpc) is 3.63. The van der Waals surface area contributed by atoms with Crippen LogP contribution in [-0.4, -0.2) is 38.8 Å². The molecule has 10 heteroatoms. The second-order valence-corrected chi connectivity index (χ2v) is 10.2. The first-order valence-corrected chi connectivity index (χ1v) is 13.4. The summed E-state index contributed by atoms with van der Waals surface area (Å²) in [5.41, 5.74) is 5.56. The van der Waals surface area contributed by atoms with E-state index in [-0.39, 0.29) is 37.0 Å². The summed E-state index contributed by atoms with van der Waals surface area (Å²) in [5.74, 6) is 0.918. The van der Waals surface area contributed by atoms with Gasteiger partial charge in [-0.1, -0.05) is 6.07 Å². The molecule has 0 radical (unpaired) electrons. The number of thiocarbonyl (C=S) groups is 1. The Morgan fingerprint density at radius 3 is 2.67 bits per heavy atom.